The summed E-state index contributed by atoms with van der Waals surface area (Å²) in [6, 6.07) is 19.1. The number of nitriles is 2. The number of esters is 1. The summed E-state index contributed by atoms with van der Waals surface area (Å²) in [4.78, 5) is 56.4. The van der Waals surface area contributed by atoms with Crippen LogP contribution in [0.25, 0.3) is 11.3 Å². The van der Waals surface area contributed by atoms with Crippen LogP contribution in [0.1, 0.15) is 38.3 Å². The first-order valence-electron chi connectivity index (χ1n) is 12.9. The van der Waals surface area contributed by atoms with E-state index < -0.39 is 35.4 Å². The third-order valence-corrected chi connectivity index (χ3v) is 7.80. The van der Waals surface area contributed by atoms with Crippen LogP contribution in [0.2, 0.25) is 0 Å². The average Bonchev–Trinajstić information content (AvgIpc) is 3.67. The Morgan fingerprint density at radius 1 is 1.07 bits per heavy atom. The number of carbonyl (C=O) groups excluding carboxylic acids is 4. The van der Waals surface area contributed by atoms with Crippen molar-refractivity contribution in [3.63, 3.8) is 0 Å². The zero-order chi connectivity index (χ0) is 31.4. The third-order valence-electron chi connectivity index (χ3n) is 6.63. The molecule has 218 valence electrons. The lowest BCUT2D eigenvalue weighted by Gasteiger charge is -2.16. The Bertz CT molecular complexity index is 1870. The van der Waals surface area contributed by atoms with Crippen molar-refractivity contribution in [1.82, 2.24) is 4.98 Å². The lowest BCUT2D eigenvalue weighted by Crippen LogP contribution is -2.31. The van der Waals surface area contributed by atoms with Gasteiger partial charge in [0.15, 0.2) is 12.4 Å². The molecule has 1 unspecified atom stereocenters. The van der Waals surface area contributed by atoms with Crippen LogP contribution in [-0.2, 0) is 14.3 Å². The van der Waals surface area contributed by atoms with Crippen LogP contribution in [0.4, 0.5) is 11.5 Å². The fourth-order valence-corrected chi connectivity index (χ4v) is 5.61. The summed E-state index contributed by atoms with van der Waals surface area (Å²) in [7, 11) is 1.47. The number of anilines is 2. The number of hydrogen-bond acceptors (Lipinski definition) is 12. The number of ether oxygens (including phenoxy) is 2. The molecule has 1 saturated heterocycles. The molecule has 2 amide bonds. The van der Waals surface area contributed by atoms with Crippen LogP contribution in [0.5, 0.6) is 5.75 Å². The smallest absolute Gasteiger partial charge is 0.338 e. The number of methoxy groups -OCH3 is 1. The van der Waals surface area contributed by atoms with Crippen LogP contribution in [0.3, 0.4) is 0 Å². The minimum absolute atomic E-state index is 0.0119. The van der Waals surface area contributed by atoms with Gasteiger partial charge in [-0.25, -0.2) is 14.7 Å². The molecule has 4 aromatic rings. The molecule has 0 bridgehead atoms. The van der Waals surface area contributed by atoms with Gasteiger partial charge in [0.1, 0.15) is 40.1 Å². The van der Waals surface area contributed by atoms with Crippen molar-refractivity contribution in [2.24, 2.45) is 0 Å². The lowest BCUT2D eigenvalue weighted by molar-refractivity contribution is -0.121. The second-order valence-electron chi connectivity index (χ2n) is 9.28. The van der Waals surface area contributed by atoms with Crippen molar-refractivity contribution in [2.75, 3.05) is 24.4 Å². The SMILES string of the molecule is COc1cccc(C(=O)COC(=O)c2ccc(N3C(=O)CC(Sc4nc(N)c(C#N)c(-c5ccco5)c4C#N)C3=O)cc2)c1. The first-order valence-corrected chi connectivity index (χ1v) is 13.8. The molecule has 1 aliphatic rings. The molecule has 13 heteroatoms. The van der Waals surface area contributed by atoms with Gasteiger partial charge in [0.25, 0.3) is 0 Å². The predicted molar refractivity (Wildman–Crippen MR) is 157 cm³/mol. The molecular formula is C31H21N5O7S. The Kier molecular flexibility index (Phi) is 8.42. The van der Waals surface area contributed by atoms with E-state index in [1.165, 1.54) is 43.7 Å². The van der Waals surface area contributed by atoms with Crippen molar-refractivity contribution in [3.05, 3.63) is 89.2 Å². The fraction of sp³-hybridized carbons (Fsp3) is 0.129. The maximum Gasteiger partial charge on any atom is 0.338 e. The molecule has 0 aliphatic carbocycles. The summed E-state index contributed by atoms with van der Waals surface area (Å²) >= 11 is 0.885. The first kappa shape index (κ1) is 29.6. The third kappa shape index (κ3) is 5.72. The number of hydrogen-bond donors (Lipinski definition) is 1. The monoisotopic (exact) mass is 607 g/mol. The highest BCUT2D eigenvalue weighted by Gasteiger charge is 2.41. The van der Waals surface area contributed by atoms with E-state index in [0.29, 0.717) is 11.3 Å². The number of nitrogen functional groups attached to an aromatic ring is 1. The van der Waals surface area contributed by atoms with E-state index in [2.05, 4.69) is 4.98 Å². The zero-order valence-electron chi connectivity index (χ0n) is 23.0. The highest BCUT2D eigenvalue weighted by molar-refractivity contribution is 8.00. The number of amides is 2. The van der Waals surface area contributed by atoms with E-state index in [9.17, 15) is 29.7 Å². The number of pyridine rings is 1. The molecule has 2 aromatic heterocycles. The average molecular weight is 608 g/mol. The molecule has 12 nitrogen and oxygen atoms in total. The summed E-state index contributed by atoms with van der Waals surface area (Å²) in [5.74, 6) is -1.67. The van der Waals surface area contributed by atoms with Crippen LogP contribution >= 0.6 is 11.8 Å². The Hall–Kier alpha value is -5.92. The minimum Gasteiger partial charge on any atom is -0.497 e. The van der Waals surface area contributed by atoms with Crippen molar-refractivity contribution < 1.29 is 33.1 Å². The van der Waals surface area contributed by atoms with E-state index in [0.717, 1.165) is 16.7 Å². The van der Waals surface area contributed by atoms with Gasteiger partial charge < -0.3 is 19.6 Å². The largest absolute Gasteiger partial charge is 0.497 e. The highest BCUT2D eigenvalue weighted by atomic mass is 32.2. The van der Waals surface area contributed by atoms with Crippen molar-refractivity contribution in [1.29, 1.82) is 10.5 Å². The molecule has 2 N–H and O–H groups in total. The number of aromatic nitrogens is 1. The number of carbonyl (C=O) groups is 4. The Morgan fingerprint density at radius 3 is 2.48 bits per heavy atom. The van der Waals surface area contributed by atoms with Crippen LogP contribution in [0, 0.1) is 22.7 Å². The summed E-state index contributed by atoms with van der Waals surface area (Å²) < 4.78 is 15.6. The van der Waals surface area contributed by atoms with Gasteiger partial charge >= 0.3 is 5.97 Å². The Labute approximate surface area is 254 Å². The molecule has 1 atom stereocenters. The number of ketones is 1. The highest BCUT2D eigenvalue weighted by Crippen LogP contribution is 2.40. The van der Waals surface area contributed by atoms with Gasteiger partial charge in [0, 0.05) is 12.0 Å². The van der Waals surface area contributed by atoms with Gasteiger partial charge in [-0.2, -0.15) is 10.5 Å². The van der Waals surface area contributed by atoms with Gasteiger partial charge in [0.05, 0.1) is 41.0 Å². The molecule has 3 heterocycles. The zero-order valence-corrected chi connectivity index (χ0v) is 23.8. The summed E-state index contributed by atoms with van der Waals surface area (Å²) in [6.07, 6.45) is 1.19. The lowest BCUT2D eigenvalue weighted by atomic mass is 10.0. The summed E-state index contributed by atoms with van der Waals surface area (Å²) in [5.41, 5.74) is 6.76. The van der Waals surface area contributed by atoms with Crippen LogP contribution in [-0.4, -0.2) is 47.5 Å². The number of nitrogens with two attached hydrogens (primary N) is 1. The van der Waals surface area contributed by atoms with Crippen molar-refractivity contribution >= 4 is 46.8 Å². The van der Waals surface area contributed by atoms with Gasteiger partial charge in [-0.15, -0.1) is 0 Å². The number of furan rings is 1. The maximum atomic E-state index is 13.4. The van der Waals surface area contributed by atoms with E-state index in [-0.39, 0.29) is 51.0 Å². The van der Waals surface area contributed by atoms with E-state index in [1.807, 2.05) is 12.1 Å². The van der Waals surface area contributed by atoms with Gasteiger partial charge in [-0.1, -0.05) is 23.9 Å². The van der Waals surface area contributed by atoms with Gasteiger partial charge in [-0.05, 0) is 48.5 Å². The van der Waals surface area contributed by atoms with E-state index >= 15 is 0 Å². The fourth-order valence-electron chi connectivity index (χ4n) is 4.49. The molecule has 1 fully saturated rings. The number of nitrogens with zero attached hydrogens (tertiary/aromatic N) is 4. The first-order chi connectivity index (χ1) is 21.2. The van der Waals surface area contributed by atoms with Crippen LogP contribution in [0.15, 0.2) is 76.4 Å². The molecule has 0 radical (unpaired) electrons. The second-order valence-corrected chi connectivity index (χ2v) is 10.5. The molecule has 44 heavy (non-hydrogen) atoms. The maximum absolute atomic E-state index is 13.4. The molecule has 0 saturated carbocycles. The Balaban J connectivity index is 1.29. The van der Waals surface area contributed by atoms with Crippen molar-refractivity contribution in [2.45, 2.75) is 16.7 Å². The quantitative estimate of drug-likeness (QED) is 0.163. The summed E-state index contributed by atoms with van der Waals surface area (Å²) in [5, 5.41) is 18.7. The number of rotatable bonds is 9. The number of thioether (sulfide) groups is 1. The number of Topliss-reactive ketones (excluding diaryl/α,β-unsaturated/α-hetero) is 1. The summed E-state index contributed by atoms with van der Waals surface area (Å²) in [6.45, 7) is -0.490. The van der Waals surface area contributed by atoms with Crippen molar-refractivity contribution in [3.8, 4) is 29.2 Å². The normalized spacial score (nSPS) is 14.2. The standard InChI is InChI=1S/C31H21N5O7S/c1-41-20-5-2-4-18(12-20)23(37)16-43-31(40)17-7-9-19(10-8-17)36-26(38)13-25(30(36)39)44-29-22(15-33)27(24-6-3-11-42-24)21(14-32)28(34)35-29/h2-12,25H,13,16H2,1H3,(H2,34,35). The topological polar surface area (TPSA) is 190 Å². The van der Waals surface area contributed by atoms with E-state index in [1.54, 1.807) is 30.3 Å². The van der Waals surface area contributed by atoms with Gasteiger partial charge in [-0.3, -0.25) is 14.4 Å². The van der Waals surface area contributed by atoms with Gasteiger partial charge in [0.2, 0.25) is 11.8 Å². The predicted octanol–water partition coefficient (Wildman–Crippen LogP) is 4.14. The number of imide groups is 1. The number of benzene rings is 2. The Morgan fingerprint density at radius 2 is 1.82 bits per heavy atom. The molecule has 2 aromatic carbocycles. The molecular weight excluding hydrogens is 586 g/mol. The molecule has 5 rings (SSSR count). The van der Waals surface area contributed by atoms with E-state index in [4.69, 9.17) is 19.6 Å². The van der Waals surface area contributed by atoms with Crippen LogP contribution < -0.4 is 15.4 Å². The molecule has 0 spiro atoms. The minimum atomic E-state index is -0.939. The second kappa shape index (κ2) is 12.5. The molecule has 1 aliphatic heterocycles.